The fourth-order valence-corrected chi connectivity index (χ4v) is 5.55. The number of ether oxygens (including phenoxy) is 2. The van der Waals surface area contributed by atoms with Crippen LogP contribution in [0.4, 0.5) is 5.69 Å². The number of rotatable bonds is 8. The number of hydrogen-bond acceptors (Lipinski definition) is 8. The molecule has 1 aliphatic heterocycles. The van der Waals surface area contributed by atoms with Crippen molar-refractivity contribution in [3.05, 3.63) is 137 Å². The quantitative estimate of drug-likeness (QED) is 0.173. The van der Waals surface area contributed by atoms with Gasteiger partial charge in [0.2, 0.25) is 0 Å². The lowest BCUT2D eigenvalue weighted by molar-refractivity contribution is -0.384. The summed E-state index contributed by atoms with van der Waals surface area (Å²) in [5.41, 5.74) is 3.04. The average molecular weight is 570 g/mol. The first kappa shape index (κ1) is 27.7. The van der Waals surface area contributed by atoms with Gasteiger partial charge in [-0.2, -0.15) is 0 Å². The molecule has 0 saturated heterocycles. The van der Waals surface area contributed by atoms with Crippen LogP contribution in [-0.4, -0.2) is 21.6 Å². The number of esters is 1. The molecule has 10 heteroatoms. The molecule has 208 valence electrons. The molecule has 2 heterocycles. The number of hydrogen-bond donors (Lipinski definition) is 0. The maximum absolute atomic E-state index is 13.7. The third-order valence-electron chi connectivity index (χ3n) is 6.43. The summed E-state index contributed by atoms with van der Waals surface area (Å²) < 4.78 is 13.4. The number of nitro benzene ring substituents is 1. The molecule has 0 fully saturated rings. The number of benzene rings is 3. The summed E-state index contributed by atoms with van der Waals surface area (Å²) >= 11 is 1.26. The van der Waals surface area contributed by atoms with E-state index in [1.54, 1.807) is 55.7 Å². The van der Waals surface area contributed by atoms with E-state index >= 15 is 0 Å². The molecule has 0 spiro atoms. The molecule has 0 radical (unpaired) electrons. The Bertz CT molecular complexity index is 1800. The molecule has 4 aromatic rings. The van der Waals surface area contributed by atoms with Crippen LogP contribution in [0.15, 0.2) is 99.9 Å². The first-order valence-electron chi connectivity index (χ1n) is 13.0. The number of carbonyl (C=O) groups excluding carboxylic acids is 1. The Morgan fingerprint density at radius 2 is 1.76 bits per heavy atom. The number of carbonyl (C=O) groups is 1. The van der Waals surface area contributed by atoms with Gasteiger partial charge in [0.25, 0.3) is 11.2 Å². The van der Waals surface area contributed by atoms with Crippen LogP contribution in [0.2, 0.25) is 0 Å². The van der Waals surface area contributed by atoms with Crippen molar-refractivity contribution in [2.24, 2.45) is 4.99 Å². The average Bonchev–Trinajstić information content (AvgIpc) is 3.26. The predicted molar refractivity (Wildman–Crippen MR) is 155 cm³/mol. The number of thiazole rings is 1. The smallest absolute Gasteiger partial charge is 0.338 e. The second-order valence-corrected chi connectivity index (χ2v) is 10.7. The maximum Gasteiger partial charge on any atom is 0.338 e. The van der Waals surface area contributed by atoms with Gasteiger partial charge in [-0.1, -0.05) is 53.8 Å². The number of nitrogens with zero attached hydrogens (tertiary/aromatic N) is 3. The summed E-state index contributed by atoms with van der Waals surface area (Å²) in [6.07, 6.45) is 1.47. The minimum Gasteiger partial charge on any atom is -0.489 e. The van der Waals surface area contributed by atoms with Crippen molar-refractivity contribution in [3.63, 3.8) is 0 Å². The van der Waals surface area contributed by atoms with Crippen LogP contribution < -0.4 is 19.6 Å². The summed E-state index contributed by atoms with van der Waals surface area (Å²) in [5.74, 6) is 0.128. The van der Waals surface area contributed by atoms with E-state index in [1.165, 1.54) is 23.5 Å². The second kappa shape index (κ2) is 11.7. The lowest BCUT2D eigenvalue weighted by atomic mass is 9.96. The fraction of sp³-hybridized carbons (Fsp3) is 0.194. The Hall–Kier alpha value is -4.83. The van der Waals surface area contributed by atoms with Crippen LogP contribution in [0.3, 0.4) is 0 Å². The number of fused-ring (bicyclic) bond motifs is 1. The zero-order chi connectivity index (χ0) is 29.1. The van der Waals surface area contributed by atoms with Gasteiger partial charge in [-0.25, -0.2) is 9.79 Å². The highest BCUT2D eigenvalue weighted by Gasteiger charge is 2.33. The standard InChI is InChI=1S/C31H27N3O6S/c1-19(2)40-30(36)27-20(3)32-31-33(28(27)23-7-5-4-6-8-23)29(35)26(41-31)17-21-11-15-25(16-12-21)39-18-22-9-13-24(14-10-22)34(37)38/h4-17,19,28H,18H2,1-3H3. The van der Waals surface area contributed by atoms with Gasteiger partial charge < -0.3 is 9.47 Å². The van der Waals surface area contributed by atoms with Crippen LogP contribution in [0, 0.1) is 10.1 Å². The molecule has 0 amide bonds. The Morgan fingerprint density at radius 1 is 1.07 bits per heavy atom. The topological polar surface area (TPSA) is 113 Å². The molecular formula is C31H27N3O6S. The van der Waals surface area contributed by atoms with Gasteiger partial charge in [0.15, 0.2) is 4.80 Å². The van der Waals surface area contributed by atoms with Gasteiger partial charge in [0.1, 0.15) is 12.4 Å². The normalized spacial score (nSPS) is 14.9. The van der Waals surface area contributed by atoms with Crippen molar-refractivity contribution >= 4 is 29.1 Å². The van der Waals surface area contributed by atoms with E-state index in [1.807, 2.05) is 42.5 Å². The minimum absolute atomic E-state index is 0.0281. The molecule has 3 aromatic carbocycles. The molecule has 1 aliphatic rings. The Balaban J connectivity index is 1.44. The molecule has 5 rings (SSSR count). The highest BCUT2D eigenvalue weighted by atomic mass is 32.1. The van der Waals surface area contributed by atoms with Crippen molar-refractivity contribution in [2.75, 3.05) is 0 Å². The third-order valence-corrected chi connectivity index (χ3v) is 7.41. The van der Waals surface area contributed by atoms with Crippen molar-refractivity contribution in [3.8, 4) is 5.75 Å². The van der Waals surface area contributed by atoms with Gasteiger partial charge in [-0.05, 0) is 67.8 Å². The number of allylic oxidation sites excluding steroid dienone is 1. The van der Waals surface area contributed by atoms with Gasteiger partial charge in [0.05, 0.1) is 32.9 Å². The van der Waals surface area contributed by atoms with Crippen LogP contribution in [0.1, 0.15) is 43.5 Å². The molecule has 0 N–H and O–H groups in total. The summed E-state index contributed by atoms with van der Waals surface area (Å²) in [5, 5.41) is 10.8. The largest absolute Gasteiger partial charge is 0.489 e. The highest BCUT2D eigenvalue weighted by Crippen LogP contribution is 2.30. The third kappa shape index (κ3) is 6.02. The number of aromatic nitrogens is 1. The summed E-state index contributed by atoms with van der Waals surface area (Å²) in [4.78, 5) is 42.4. The zero-order valence-corrected chi connectivity index (χ0v) is 23.5. The molecule has 1 unspecified atom stereocenters. The van der Waals surface area contributed by atoms with E-state index in [-0.39, 0.29) is 24.0 Å². The molecule has 0 saturated carbocycles. The molecule has 9 nitrogen and oxygen atoms in total. The highest BCUT2D eigenvalue weighted by molar-refractivity contribution is 7.07. The predicted octanol–water partition coefficient (Wildman–Crippen LogP) is 4.67. The number of nitro groups is 1. The van der Waals surface area contributed by atoms with Gasteiger partial charge >= 0.3 is 5.97 Å². The fourth-order valence-electron chi connectivity index (χ4n) is 4.50. The lowest BCUT2D eigenvalue weighted by Gasteiger charge is -2.25. The van der Waals surface area contributed by atoms with Crippen LogP contribution in [0.25, 0.3) is 6.08 Å². The molecule has 1 aromatic heterocycles. The first-order valence-corrected chi connectivity index (χ1v) is 13.8. The first-order chi connectivity index (χ1) is 19.7. The van der Waals surface area contributed by atoms with E-state index in [0.717, 1.165) is 16.7 Å². The van der Waals surface area contributed by atoms with Crippen molar-refractivity contribution in [1.29, 1.82) is 0 Å². The molecular weight excluding hydrogens is 542 g/mol. The van der Waals surface area contributed by atoms with Crippen molar-refractivity contribution in [1.82, 2.24) is 4.57 Å². The Kier molecular flexibility index (Phi) is 7.93. The Morgan fingerprint density at radius 3 is 2.39 bits per heavy atom. The summed E-state index contributed by atoms with van der Waals surface area (Å²) in [6.45, 7) is 5.59. The van der Waals surface area contributed by atoms with Crippen LogP contribution >= 0.6 is 11.3 Å². The van der Waals surface area contributed by atoms with E-state index in [2.05, 4.69) is 4.99 Å². The number of non-ortho nitro benzene ring substituents is 1. The molecule has 41 heavy (non-hydrogen) atoms. The SMILES string of the molecule is CC1=C(C(=O)OC(C)C)C(c2ccccc2)n2c(sc(=Cc3ccc(OCc4ccc([N+](=O)[O-])cc4)cc3)c2=O)=N1. The minimum atomic E-state index is -0.656. The van der Waals surface area contributed by atoms with Gasteiger partial charge in [-0.3, -0.25) is 19.5 Å². The maximum atomic E-state index is 13.7. The second-order valence-electron chi connectivity index (χ2n) is 9.73. The lowest BCUT2D eigenvalue weighted by Crippen LogP contribution is -2.40. The monoisotopic (exact) mass is 569 g/mol. The summed E-state index contributed by atoms with van der Waals surface area (Å²) in [7, 11) is 0. The van der Waals surface area contributed by atoms with Gasteiger partial charge in [0, 0.05) is 12.1 Å². The molecule has 0 bridgehead atoms. The van der Waals surface area contributed by atoms with Crippen LogP contribution in [-0.2, 0) is 16.1 Å². The molecule has 0 aliphatic carbocycles. The van der Waals surface area contributed by atoms with Crippen LogP contribution in [0.5, 0.6) is 5.75 Å². The van der Waals surface area contributed by atoms with Crippen molar-refractivity contribution in [2.45, 2.75) is 39.5 Å². The van der Waals surface area contributed by atoms with E-state index in [9.17, 15) is 19.7 Å². The summed E-state index contributed by atoms with van der Waals surface area (Å²) in [6, 6.07) is 22.2. The zero-order valence-electron chi connectivity index (χ0n) is 22.6. The van der Waals surface area contributed by atoms with E-state index < -0.39 is 16.9 Å². The van der Waals surface area contributed by atoms with E-state index in [4.69, 9.17) is 9.47 Å². The van der Waals surface area contributed by atoms with Crippen molar-refractivity contribution < 1.29 is 19.2 Å². The Labute approximate surface area is 239 Å². The molecule has 1 atom stereocenters. The van der Waals surface area contributed by atoms with Gasteiger partial charge in [-0.15, -0.1) is 0 Å². The van der Waals surface area contributed by atoms with E-state index in [0.29, 0.717) is 26.4 Å².